The average molecular weight is 372 g/mol. The molecule has 112 valence electrons. The van der Waals surface area contributed by atoms with E-state index in [2.05, 4.69) is 31.2 Å². The number of aromatic nitrogens is 2. The van der Waals surface area contributed by atoms with Crippen LogP contribution in [0.1, 0.15) is 6.92 Å². The third kappa shape index (κ3) is 3.92. The van der Waals surface area contributed by atoms with Gasteiger partial charge in [-0.25, -0.2) is 18.4 Å². The molecule has 21 heavy (non-hydrogen) atoms. The largest absolute Gasteiger partial charge is 0.438 e. The molecule has 0 aliphatic carbocycles. The van der Waals surface area contributed by atoms with E-state index >= 15 is 0 Å². The lowest BCUT2D eigenvalue weighted by Gasteiger charge is -2.10. The highest BCUT2D eigenvalue weighted by Crippen LogP contribution is 2.32. The molecule has 0 atom stereocenters. The van der Waals surface area contributed by atoms with Gasteiger partial charge in [-0.05, 0) is 47.1 Å². The van der Waals surface area contributed by atoms with Crippen LogP contribution in [0.5, 0.6) is 11.6 Å². The molecule has 0 radical (unpaired) electrons. The van der Waals surface area contributed by atoms with Gasteiger partial charge in [0, 0.05) is 12.8 Å². The number of hydrogen-bond donors (Lipinski definition) is 1. The van der Waals surface area contributed by atoms with Crippen molar-refractivity contribution in [2.24, 2.45) is 0 Å². The first kappa shape index (κ1) is 15.7. The van der Waals surface area contributed by atoms with Crippen LogP contribution >= 0.6 is 15.9 Å². The molecular formula is C13H14BrN3O3S. The monoisotopic (exact) mass is 371 g/mol. The summed E-state index contributed by atoms with van der Waals surface area (Å²) in [5.74, 6) is 1.48. The highest BCUT2D eigenvalue weighted by molar-refractivity contribution is 9.10. The smallest absolute Gasteiger partial charge is 0.238 e. The molecule has 1 N–H and O–H groups in total. The van der Waals surface area contributed by atoms with E-state index in [-0.39, 0.29) is 4.90 Å². The maximum Gasteiger partial charge on any atom is 0.238 e. The van der Waals surface area contributed by atoms with Gasteiger partial charge in [0.15, 0.2) is 9.84 Å². The van der Waals surface area contributed by atoms with Crippen LogP contribution in [0, 0.1) is 0 Å². The van der Waals surface area contributed by atoms with E-state index < -0.39 is 9.84 Å². The summed E-state index contributed by atoms with van der Waals surface area (Å²) in [7, 11) is -3.22. The van der Waals surface area contributed by atoms with Crippen LogP contribution < -0.4 is 10.1 Å². The van der Waals surface area contributed by atoms with Crippen LogP contribution in [-0.4, -0.2) is 31.2 Å². The average Bonchev–Trinajstić information content (AvgIpc) is 2.43. The minimum absolute atomic E-state index is 0.241. The van der Waals surface area contributed by atoms with Crippen molar-refractivity contribution in [3.05, 3.63) is 35.1 Å². The van der Waals surface area contributed by atoms with Crippen molar-refractivity contribution in [3.8, 4) is 11.6 Å². The van der Waals surface area contributed by atoms with Gasteiger partial charge in [-0.3, -0.25) is 0 Å². The minimum atomic E-state index is -3.22. The topological polar surface area (TPSA) is 81.2 Å². The number of halogens is 1. The quantitative estimate of drug-likeness (QED) is 0.869. The third-order valence-corrected chi connectivity index (χ3v) is 4.41. The van der Waals surface area contributed by atoms with E-state index in [4.69, 9.17) is 4.74 Å². The summed E-state index contributed by atoms with van der Waals surface area (Å²) in [5, 5.41) is 3.07. The Kier molecular flexibility index (Phi) is 4.79. The first-order chi connectivity index (χ1) is 9.91. The fourth-order valence-corrected chi connectivity index (χ4v) is 2.64. The zero-order valence-electron chi connectivity index (χ0n) is 11.5. The van der Waals surface area contributed by atoms with Crippen LogP contribution in [0.2, 0.25) is 0 Å². The van der Waals surface area contributed by atoms with Crippen LogP contribution in [0.15, 0.2) is 40.0 Å². The van der Waals surface area contributed by atoms with E-state index in [1.54, 1.807) is 12.1 Å². The van der Waals surface area contributed by atoms with Crippen molar-refractivity contribution in [2.75, 3.05) is 18.1 Å². The minimum Gasteiger partial charge on any atom is -0.438 e. The first-order valence-corrected chi connectivity index (χ1v) is 8.82. The van der Waals surface area contributed by atoms with Crippen LogP contribution in [0.3, 0.4) is 0 Å². The Morgan fingerprint density at radius 1 is 1.24 bits per heavy atom. The lowest BCUT2D eigenvalue weighted by Crippen LogP contribution is -2.02. The van der Waals surface area contributed by atoms with Gasteiger partial charge in [-0.15, -0.1) is 0 Å². The molecule has 0 bridgehead atoms. The van der Waals surface area contributed by atoms with Gasteiger partial charge in [-0.2, -0.15) is 0 Å². The van der Waals surface area contributed by atoms with Gasteiger partial charge in [-0.1, -0.05) is 0 Å². The first-order valence-electron chi connectivity index (χ1n) is 6.14. The van der Waals surface area contributed by atoms with Crippen molar-refractivity contribution >= 4 is 31.6 Å². The summed E-state index contributed by atoms with van der Waals surface area (Å²) in [6, 6.07) is 6.14. The molecule has 0 aliphatic rings. The van der Waals surface area contributed by atoms with E-state index in [1.165, 1.54) is 18.5 Å². The summed E-state index contributed by atoms with van der Waals surface area (Å²) in [5.41, 5.74) is 0. The van der Waals surface area contributed by atoms with Gasteiger partial charge >= 0.3 is 0 Å². The highest BCUT2D eigenvalue weighted by Gasteiger charge is 2.11. The predicted octanol–water partition coefficient (Wildman–Crippen LogP) is 2.87. The third-order valence-electron chi connectivity index (χ3n) is 2.57. The number of nitrogens with one attached hydrogen (secondary N) is 1. The number of benzene rings is 1. The molecule has 0 unspecified atom stereocenters. The highest BCUT2D eigenvalue weighted by atomic mass is 79.9. The van der Waals surface area contributed by atoms with Crippen molar-refractivity contribution in [1.29, 1.82) is 0 Å². The van der Waals surface area contributed by atoms with Crippen molar-refractivity contribution in [1.82, 2.24) is 9.97 Å². The van der Waals surface area contributed by atoms with Crippen molar-refractivity contribution in [2.45, 2.75) is 11.8 Å². The summed E-state index contributed by atoms with van der Waals surface area (Å²) >= 11 is 3.38. The Morgan fingerprint density at radius 2 is 1.90 bits per heavy atom. The molecule has 0 saturated heterocycles. The summed E-state index contributed by atoms with van der Waals surface area (Å²) in [6.07, 6.45) is 2.55. The Balaban J connectivity index is 2.24. The molecule has 8 heteroatoms. The molecule has 1 aromatic heterocycles. The van der Waals surface area contributed by atoms with Crippen molar-refractivity contribution < 1.29 is 13.2 Å². The lowest BCUT2D eigenvalue weighted by atomic mass is 10.3. The summed E-state index contributed by atoms with van der Waals surface area (Å²) in [6.45, 7) is 2.68. The second-order valence-corrected chi connectivity index (χ2v) is 7.03. The molecule has 2 aromatic rings. The SMILES string of the molecule is CCNc1ncnc(Oc2ccc(S(C)(=O)=O)cc2)c1Br. The standard InChI is InChI=1S/C13H14BrN3O3S/c1-3-15-12-11(14)13(17-8-16-12)20-9-4-6-10(7-5-9)21(2,18)19/h4-8H,3H2,1-2H3,(H,15,16,17). The fraction of sp³-hybridized carbons (Fsp3) is 0.231. The van der Waals surface area contributed by atoms with Gasteiger partial charge in [0.05, 0.1) is 4.90 Å². The Hall–Kier alpha value is -1.67. The second-order valence-electron chi connectivity index (χ2n) is 4.22. The van der Waals surface area contributed by atoms with Gasteiger partial charge in [0.1, 0.15) is 22.4 Å². The Morgan fingerprint density at radius 3 is 2.48 bits per heavy atom. The normalized spacial score (nSPS) is 11.2. The van der Waals surface area contributed by atoms with E-state index in [0.717, 1.165) is 12.8 Å². The zero-order chi connectivity index (χ0) is 15.5. The fourth-order valence-electron chi connectivity index (χ4n) is 1.58. The molecule has 2 rings (SSSR count). The molecule has 0 amide bonds. The lowest BCUT2D eigenvalue weighted by molar-refractivity contribution is 0.458. The number of anilines is 1. The molecule has 6 nitrogen and oxygen atoms in total. The molecule has 0 spiro atoms. The van der Waals surface area contributed by atoms with Crippen LogP contribution in [0.4, 0.5) is 5.82 Å². The summed E-state index contributed by atoms with van der Waals surface area (Å²) < 4.78 is 29.0. The molecular weight excluding hydrogens is 358 g/mol. The second kappa shape index (κ2) is 6.40. The predicted molar refractivity (Wildman–Crippen MR) is 83.5 cm³/mol. The van der Waals surface area contributed by atoms with E-state index in [1.807, 2.05) is 6.92 Å². The van der Waals surface area contributed by atoms with Crippen LogP contribution in [0.25, 0.3) is 0 Å². The van der Waals surface area contributed by atoms with Crippen molar-refractivity contribution in [3.63, 3.8) is 0 Å². The number of rotatable bonds is 5. The number of sulfone groups is 1. The molecule has 0 aliphatic heterocycles. The Bertz CT molecular complexity index is 733. The molecule has 1 heterocycles. The number of nitrogens with zero attached hydrogens (tertiary/aromatic N) is 2. The number of hydrogen-bond acceptors (Lipinski definition) is 6. The number of ether oxygens (including phenoxy) is 1. The molecule has 1 aromatic carbocycles. The maximum absolute atomic E-state index is 11.4. The van der Waals surface area contributed by atoms with Gasteiger partial charge < -0.3 is 10.1 Å². The van der Waals surface area contributed by atoms with Gasteiger partial charge in [0.25, 0.3) is 0 Å². The van der Waals surface area contributed by atoms with Crippen LogP contribution in [-0.2, 0) is 9.84 Å². The van der Waals surface area contributed by atoms with E-state index in [0.29, 0.717) is 21.9 Å². The van der Waals surface area contributed by atoms with E-state index in [9.17, 15) is 8.42 Å². The molecule has 0 saturated carbocycles. The van der Waals surface area contributed by atoms with Gasteiger partial charge in [0.2, 0.25) is 5.88 Å². The zero-order valence-corrected chi connectivity index (χ0v) is 13.9. The molecule has 0 fully saturated rings. The summed E-state index contributed by atoms with van der Waals surface area (Å²) in [4.78, 5) is 8.38. The maximum atomic E-state index is 11.4. The Labute approximate surface area is 131 Å².